The number of thioether (sulfide) groups is 1. The van der Waals surface area contributed by atoms with Crippen LogP contribution in [0, 0.1) is 0 Å². The van der Waals surface area contributed by atoms with E-state index in [-0.39, 0.29) is 5.91 Å². The minimum atomic E-state index is -0.0393. The molecule has 2 heterocycles. The van der Waals surface area contributed by atoms with E-state index in [0.29, 0.717) is 34.3 Å². The molecule has 0 radical (unpaired) electrons. The Labute approximate surface area is 188 Å². The molecule has 31 heavy (non-hydrogen) atoms. The number of hydrogen-bond donors (Lipinski definition) is 1. The zero-order valence-electron chi connectivity index (χ0n) is 17.2. The van der Waals surface area contributed by atoms with Crippen LogP contribution in [0.15, 0.2) is 63.2 Å². The van der Waals surface area contributed by atoms with Gasteiger partial charge >= 0.3 is 0 Å². The molecule has 0 bridgehead atoms. The molecule has 8 heteroatoms. The minimum Gasteiger partial charge on any atom is -0.497 e. The number of methoxy groups -OCH3 is 2. The maximum Gasteiger partial charge on any atom is 0.226 e. The molecule has 2 aromatic carbocycles. The molecular formula is C23H22N2O4S2. The number of aromatic nitrogens is 1. The Bertz CT molecular complexity index is 1170. The van der Waals surface area contributed by atoms with Crippen molar-refractivity contribution in [2.75, 3.05) is 25.3 Å². The first-order valence-corrected chi connectivity index (χ1v) is 11.6. The summed E-state index contributed by atoms with van der Waals surface area (Å²) in [7, 11) is 3.27. The molecule has 6 nitrogen and oxygen atoms in total. The van der Waals surface area contributed by atoms with Gasteiger partial charge in [0.05, 0.1) is 14.2 Å². The summed E-state index contributed by atoms with van der Waals surface area (Å²) < 4.78 is 16.4. The van der Waals surface area contributed by atoms with Gasteiger partial charge in [0.1, 0.15) is 11.4 Å². The number of para-hydroxylation sites is 1. The molecule has 1 amide bonds. The van der Waals surface area contributed by atoms with Gasteiger partial charge < -0.3 is 19.2 Å². The number of nitrogens with zero attached hydrogens (tertiary/aromatic N) is 1. The maximum absolute atomic E-state index is 12.3. The quantitative estimate of drug-likeness (QED) is 0.244. The number of nitrogens with one attached hydrogen (secondary N) is 1. The number of ether oxygens (including phenoxy) is 2. The number of carbonyl (C=O) groups is 1. The zero-order valence-corrected chi connectivity index (χ0v) is 18.8. The average Bonchev–Trinajstić information content (AvgIpc) is 3.43. The first-order chi connectivity index (χ1) is 15.2. The van der Waals surface area contributed by atoms with Crippen molar-refractivity contribution in [3.63, 3.8) is 0 Å². The Hall–Kier alpha value is -2.97. The van der Waals surface area contributed by atoms with E-state index in [1.807, 2.05) is 53.9 Å². The van der Waals surface area contributed by atoms with Gasteiger partial charge in [-0.05, 0) is 48.6 Å². The van der Waals surface area contributed by atoms with Crippen LogP contribution in [0.25, 0.3) is 22.4 Å². The van der Waals surface area contributed by atoms with E-state index in [4.69, 9.17) is 13.9 Å². The van der Waals surface area contributed by atoms with E-state index in [1.165, 1.54) is 11.3 Å². The van der Waals surface area contributed by atoms with Crippen LogP contribution in [0.4, 0.5) is 5.13 Å². The Kier molecular flexibility index (Phi) is 6.79. The normalized spacial score (nSPS) is 10.9. The van der Waals surface area contributed by atoms with Crippen LogP contribution in [0.2, 0.25) is 0 Å². The fourth-order valence-electron chi connectivity index (χ4n) is 3.04. The Balaban J connectivity index is 1.29. The highest BCUT2D eigenvalue weighted by atomic mass is 32.2. The SMILES string of the molecule is COc1ccc(SCCCC(=O)Nc2nc(-c3cc4cccc(OC)c4o3)cs2)cc1. The first-order valence-electron chi connectivity index (χ1n) is 9.75. The van der Waals surface area contributed by atoms with Crippen molar-refractivity contribution in [3.05, 3.63) is 53.9 Å². The number of furan rings is 1. The van der Waals surface area contributed by atoms with Crippen LogP contribution < -0.4 is 14.8 Å². The molecule has 0 aliphatic heterocycles. The fourth-order valence-corrected chi connectivity index (χ4v) is 4.61. The summed E-state index contributed by atoms with van der Waals surface area (Å²) in [5.41, 5.74) is 1.38. The zero-order chi connectivity index (χ0) is 21.6. The Morgan fingerprint density at radius 2 is 2.00 bits per heavy atom. The van der Waals surface area contributed by atoms with Gasteiger partial charge in [-0.2, -0.15) is 0 Å². The van der Waals surface area contributed by atoms with Gasteiger partial charge in [0.25, 0.3) is 0 Å². The molecule has 160 valence electrons. The molecule has 0 aliphatic carbocycles. The van der Waals surface area contributed by atoms with Crippen LogP contribution in [-0.4, -0.2) is 30.9 Å². The Morgan fingerprint density at radius 1 is 1.16 bits per heavy atom. The summed E-state index contributed by atoms with van der Waals surface area (Å²) in [6.07, 6.45) is 1.23. The van der Waals surface area contributed by atoms with E-state index in [9.17, 15) is 4.79 Å². The minimum absolute atomic E-state index is 0.0393. The van der Waals surface area contributed by atoms with Gasteiger partial charge in [-0.3, -0.25) is 4.79 Å². The summed E-state index contributed by atoms with van der Waals surface area (Å²) in [6, 6.07) is 15.6. The smallest absolute Gasteiger partial charge is 0.226 e. The second kappa shape index (κ2) is 9.89. The summed E-state index contributed by atoms with van der Waals surface area (Å²) in [4.78, 5) is 17.9. The summed E-state index contributed by atoms with van der Waals surface area (Å²) in [5.74, 6) is 2.99. The third-order valence-corrected chi connectivity index (χ3v) is 6.46. The molecule has 4 rings (SSSR count). The molecule has 4 aromatic rings. The Morgan fingerprint density at radius 3 is 2.77 bits per heavy atom. The lowest BCUT2D eigenvalue weighted by Gasteiger charge is -2.04. The number of rotatable bonds is 9. The van der Waals surface area contributed by atoms with E-state index in [0.717, 1.165) is 28.2 Å². The molecule has 0 saturated carbocycles. The monoisotopic (exact) mass is 454 g/mol. The van der Waals surface area contributed by atoms with E-state index < -0.39 is 0 Å². The van der Waals surface area contributed by atoms with Crippen molar-refractivity contribution in [1.82, 2.24) is 4.98 Å². The number of benzene rings is 2. The van der Waals surface area contributed by atoms with Crippen molar-refractivity contribution >= 4 is 45.1 Å². The largest absolute Gasteiger partial charge is 0.497 e. The van der Waals surface area contributed by atoms with E-state index in [1.54, 1.807) is 26.0 Å². The molecule has 0 atom stereocenters. The highest BCUT2D eigenvalue weighted by Crippen LogP contribution is 2.34. The fraction of sp³-hybridized carbons (Fsp3) is 0.217. The van der Waals surface area contributed by atoms with Gasteiger partial charge in [-0.25, -0.2) is 4.98 Å². The molecule has 0 saturated heterocycles. The van der Waals surface area contributed by atoms with Crippen molar-refractivity contribution < 1.29 is 18.7 Å². The third kappa shape index (κ3) is 5.21. The number of hydrogen-bond acceptors (Lipinski definition) is 7. The molecular weight excluding hydrogens is 432 g/mol. The molecule has 0 fully saturated rings. The van der Waals surface area contributed by atoms with Crippen molar-refractivity contribution in [2.45, 2.75) is 17.7 Å². The summed E-state index contributed by atoms with van der Waals surface area (Å²) in [6.45, 7) is 0. The van der Waals surface area contributed by atoms with Crippen LogP contribution in [-0.2, 0) is 4.79 Å². The van der Waals surface area contributed by atoms with E-state index >= 15 is 0 Å². The van der Waals surface area contributed by atoms with Crippen molar-refractivity contribution in [2.24, 2.45) is 0 Å². The van der Waals surface area contributed by atoms with Crippen molar-refractivity contribution in [3.8, 4) is 23.0 Å². The number of carbonyl (C=O) groups excluding carboxylic acids is 1. The predicted molar refractivity (Wildman–Crippen MR) is 125 cm³/mol. The number of thiazole rings is 1. The van der Waals surface area contributed by atoms with E-state index in [2.05, 4.69) is 10.3 Å². The van der Waals surface area contributed by atoms with Crippen LogP contribution in [0.5, 0.6) is 11.5 Å². The lowest BCUT2D eigenvalue weighted by atomic mass is 10.2. The molecule has 0 spiro atoms. The summed E-state index contributed by atoms with van der Waals surface area (Å²) in [5, 5.41) is 6.26. The molecule has 1 N–H and O–H groups in total. The van der Waals surface area contributed by atoms with Gasteiger partial charge in [0.2, 0.25) is 5.91 Å². The molecule has 0 aliphatic rings. The maximum atomic E-state index is 12.3. The van der Waals surface area contributed by atoms with Crippen LogP contribution >= 0.6 is 23.1 Å². The standard InChI is InChI=1S/C23H22N2O4S2/c1-27-16-8-10-17(11-9-16)30-12-4-7-21(26)25-23-24-18(14-31-23)20-13-15-5-3-6-19(28-2)22(15)29-20/h3,5-6,8-11,13-14H,4,7,12H2,1-2H3,(H,24,25,26). The third-order valence-electron chi connectivity index (χ3n) is 4.61. The second-order valence-corrected chi connectivity index (χ2v) is 8.73. The van der Waals surface area contributed by atoms with Gasteiger partial charge in [-0.1, -0.05) is 12.1 Å². The highest BCUT2D eigenvalue weighted by Gasteiger charge is 2.14. The molecule has 2 aromatic heterocycles. The lowest BCUT2D eigenvalue weighted by Crippen LogP contribution is -2.11. The summed E-state index contributed by atoms with van der Waals surface area (Å²) >= 11 is 3.10. The second-order valence-electron chi connectivity index (χ2n) is 6.70. The average molecular weight is 455 g/mol. The number of anilines is 1. The lowest BCUT2D eigenvalue weighted by molar-refractivity contribution is -0.116. The molecule has 0 unspecified atom stereocenters. The van der Waals surface area contributed by atoms with Crippen molar-refractivity contribution in [1.29, 1.82) is 0 Å². The van der Waals surface area contributed by atoms with Gasteiger partial charge in [0.15, 0.2) is 22.2 Å². The number of amides is 1. The topological polar surface area (TPSA) is 73.6 Å². The predicted octanol–water partition coefficient (Wildman–Crippen LogP) is 6.08. The van der Waals surface area contributed by atoms with Crippen LogP contribution in [0.1, 0.15) is 12.8 Å². The number of fused-ring (bicyclic) bond motifs is 1. The first kappa shape index (κ1) is 21.3. The highest BCUT2D eigenvalue weighted by molar-refractivity contribution is 7.99. The van der Waals surface area contributed by atoms with Gasteiger partial charge in [0, 0.05) is 22.1 Å². The van der Waals surface area contributed by atoms with Gasteiger partial charge in [-0.15, -0.1) is 23.1 Å². The van der Waals surface area contributed by atoms with Crippen LogP contribution in [0.3, 0.4) is 0 Å².